The van der Waals surface area contributed by atoms with Gasteiger partial charge in [0.15, 0.2) is 0 Å². The van der Waals surface area contributed by atoms with Crippen molar-refractivity contribution in [2.45, 2.75) is 19.0 Å². The summed E-state index contributed by atoms with van der Waals surface area (Å²) in [6.45, 7) is 0. The minimum absolute atomic E-state index is 0.0755. The smallest absolute Gasteiger partial charge is 0.325 e. The summed E-state index contributed by atoms with van der Waals surface area (Å²) in [5.41, 5.74) is 1.39. The van der Waals surface area contributed by atoms with Gasteiger partial charge >= 0.3 is 6.18 Å². The molecule has 0 radical (unpaired) electrons. The summed E-state index contributed by atoms with van der Waals surface area (Å²) < 4.78 is 38.2. The van der Waals surface area contributed by atoms with Gasteiger partial charge < -0.3 is 5.32 Å². The molecule has 2 rings (SSSR count). The zero-order valence-electron chi connectivity index (χ0n) is 15.1. The van der Waals surface area contributed by atoms with Crippen molar-refractivity contribution in [2.24, 2.45) is 5.10 Å². The minimum atomic E-state index is -4.59. The molecule has 0 spiro atoms. The molecule has 0 saturated heterocycles. The normalized spacial score (nSPS) is 11.3. The molecule has 8 nitrogen and oxygen atoms in total. The Morgan fingerprint density at radius 2 is 1.73 bits per heavy atom. The van der Waals surface area contributed by atoms with E-state index in [2.05, 4.69) is 15.8 Å². The topological polar surface area (TPSA) is 114 Å². The van der Waals surface area contributed by atoms with Gasteiger partial charge in [0.05, 0.1) is 27.4 Å². The van der Waals surface area contributed by atoms with E-state index in [0.29, 0.717) is 11.6 Å². The van der Waals surface area contributed by atoms with E-state index in [-0.39, 0.29) is 29.2 Å². The van der Waals surface area contributed by atoms with Gasteiger partial charge in [0, 0.05) is 25.0 Å². The predicted octanol–water partition coefficient (Wildman–Crippen LogP) is 4.14. The van der Waals surface area contributed by atoms with Crippen molar-refractivity contribution in [3.63, 3.8) is 0 Å². The van der Waals surface area contributed by atoms with E-state index >= 15 is 0 Å². The van der Waals surface area contributed by atoms with Crippen molar-refractivity contribution in [3.8, 4) is 0 Å². The summed E-state index contributed by atoms with van der Waals surface area (Å²) in [7, 11) is 0. The van der Waals surface area contributed by atoms with Gasteiger partial charge in [-0.2, -0.15) is 18.3 Å². The van der Waals surface area contributed by atoms with Crippen molar-refractivity contribution < 1.29 is 27.7 Å². The highest BCUT2D eigenvalue weighted by molar-refractivity contribution is 6.33. The van der Waals surface area contributed by atoms with Crippen LogP contribution in [-0.4, -0.2) is 23.0 Å². The number of non-ortho nitro benzene ring substituents is 1. The van der Waals surface area contributed by atoms with Crippen LogP contribution in [0.4, 0.5) is 24.5 Å². The maximum absolute atomic E-state index is 12.7. The number of hydrogen-bond donors (Lipinski definition) is 2. The zero-order chi connectivity index (χ0) is 22.3. The maximum atomic E-state index is 12.7. The first kappa shape index (κ1) is 22.8. The fourth-order valence-electron chi connectivity index (χ4n) is 2.15. The van der Waals surface area contributed by atoms with Gasteiger partial charge in [-0.15, -0.1) is 0 Å². The zero-order valence-corrected chi connectivity index (χ0v) is 15.8. The molecule has 2 amide bonds. The molecular formula is C18H14ClF3N4O4. The average molecular weight is 443 g/mol. The monoisotopic (exact) mass is 442 g/mol. The fourth-order valence-corrected chi connectivity index (χ4v) is 2.32. The highest BCUT2D eigenvalue weighted by atomic mass is 35.5. The Labute approximate surface area is 172 Å². The molecule has 2 aromatic rings. The molecule has 0 aliphatic heterocycles. The quantitative estimate of drug-likeness (QED) is 0.381. The van der Waals surface area contributed by atoms with E-state index in [4.69, 9.17) is 11.6 Å². The largest absolute Gasteiger partial charge is 0.416 e. The Kier molecular flexibility index (Phi) is 7.48. The predicted molar refractivity (Wildman–Crippen MR) is 103 cm³/mol. The number of halogens is 4. The highest BCUT2D eigenvalue weighted by Crippen LogP contribution is 2.33. The van der Waals surface area contributed by atoms with Crippen LogP contribution in [-0.2, 0) is 15.8 Å². The number of nitro groups is 1. The standard InChI is InChI=1S/C18H14ClF3N4O4/c19-14-6-3-12(18(20,21)22)9-15(14)24-16(27)7-8-17(28)25-23-10-11-1-4-13(5-2-11)26(29)30/h1-6,9-10H,7-8H2,(H,24,27)(H,25,28)/b23-10-. The molecule has 2 aromatic carbocycles. The van der Waals surface area contributed by atoms with Crippen LogP contribution in [0.2, 0.25) is 5.02 Å². The number of amides is 2. The number of rotatable bonds is 7. The van der Waals surface area contributed by atoms with Crippen molar-refractivity contribution in [1.82, 2.24) is 5.43 Å². The summed E-state index contributed by atoms with van der Waals surface area (Å²) in [4.78, 5) is 33.6. The van der Waals surface area contributed by atoms with Crippen LogP contribution in [0.15, 0.2) is 47.6 Å². The van der Waals surface area contributed by atoms with E-state index in [1.807, 2.05) is 0 Å². The maximum Gasteiger partial charge on any atom is 0.416 e. The third kappa shape index (κ3) is 6.85. The molecule has 0 fully saturated rings. The van der Waals surface area contributed by atoms with Crippen LogP contribution in [0.3, 0.4) is 0 Å². The van der Waals surface area contributed by atoms with Crippen molar-refractivity contribution in [2.75, 3.05) is 5.32 Å². The first-order valence-corrected chi connectivity index (χ1v) is 8.67. The van der Waals surface area contributed by atoms with Crippen LogP contribution in [0.25, 0.3) is 0 Å². The third-order valence-electron chi connectivity index (χ3n) is 3.65. The highest BCUT2D eigenvalue weighted by Gasteiger charge is 2.31. The summed E-state index contributed by atoms with van der Waals surface area (Å²) in [5.74, 6) is -1.32. The van der Waals surface area contributed by atoms with Gasteiger partial charge in [0.25, 0.3) is 5.69 Å². The Balaban J connectivity index is 1.83. The number of carbonyl (C=O) groups excluding carboxylic acids is 2. The van der Waals surface area contributed by atoms with E-state index in [1.54, 1.807) is 0 Å². The van der Waals surface area contributed by atoms with E-state index in [9.17, 15) is 32.9 Å². The van der Waals surface area contributed by atoms with Gasteiger partial charge in [-0.1, -0.05) is 11.6 Å². The Hall–Kier alpha value is -3.47. The number of hydrazone groups is 1. The third-order valence-corrected chi connectivity index (χ3v) is 3.98. The van der Waals surface area contributed by atoms with Crippen LogP contribution in [0.1, 0.15) is 24.0 Å². The first-order valence-electron chi connectivity index (χ1n) is 8.29. The van der Waals surface area contributed by atoms with Gasteiger partial charge in [-0.25, -0.2) is 5.43 Å². The Morgan fingerprint density at radius 3 is 2.33 bits per heavy atom. The summed E-state index contributed by atoms with van der Waals surface area (Å²) in [6, 6.07) is 7.90. The molecule has 0 aromatic heterocycles. The molecule has 0 aliphatic rings. The number of anilines is 1. The van der Waals surface area contributed by atoms with E-state index in [0.717, 1.165) is 12.1 Å². The summed E-state index contributed by atoms with van der Waals surface area (Å²) in [5, 5.41) is 16.4. The van der Waals surface area contributed by atoms with Gasteiger partial charge in [-0.05, 0) is 35.9 Å². The van der Waals surface area contributed by atoms with Gasteiger partial charge in [0.1, 0.15) is 0 Å². The molecule has 2 N–H and O–H groups in total. The second-order valence-corrected chi connectivity index (χ2v) is 6.29. The molecule has 0 saturated carbocycles. The number of benzene rings is 2. The molecule has 0 atom stereocenters. The lowest BCUT2D eigenvalue weighted by atomic mass is 10.2. The Morgan fingerprint density at radius 1 is 1.10 bits per heavy atom. The summed E-state index contributed by atoms with van der Waals surface area (Å²) in [6.07, 6.45) is -3.93. The second-order valence-electron chi connectivity index (χ2n) is 5.88. The molecule has 0 heterocycles. The van der Waals surface area contributed by atoms with Crippen molar-refractivity contribution in [3.05, 3.63) is 68.7 Å². The number of alkyl halides is 3. The Bertz CT molecular complexity index is 978. The lowest BCUT2D eigenvalue weighted by Crippen LogP contribution is -2.21. The van der Waals surface area contributed by atoms with Crippen LogP contribution in [0, 0.1) is 10.1 Å². The molecule has 158 valence electrons. The number of nitrogens with one attached hydrogen (secondary N) is 2. The number of hydrogen-bond acceptors (Lipinski definition) is 5. The molecule has 12 heteroatoms. The summed E-state index contributed by atoms with van der Waals surface area (Å²) >= 11 is 5.79. The van der Waals surface area contributed by atoms with Gasteiger partial charge in [0.2, 0.25) is 11.8 Å². The fraction of sp³-hybridized carbons (Fsp3) is 0.167. The van der Waals surface area contributed by atoms with E-state index < -0.39 is 28.5 Å². The molecule has 0 bridgehead atoms. The van der Waals surface area contributed by atoms with Crippen molar-refractivity contribution >= 4 is 41.0 Å². The number of nitrogens with zero attached hydrogens (tertiary/aromatic N) is 2. The van der Waals surface area contributed by atoms with Crippen LogP contribution < -0.4 is 10.7 Å². The SMILES string of the molecule is O=C(CCC(=O)Nc1cc(C(F)(F)F)ccc1Cl)N/N=C\c1ccc([N+](=O)[O-])cc1. The molecule has 0 aliphatic carbocycles. The average Bonchev–Trinajstić information content (AvgIpc) is 2.67. The minimum Gasteiger partial charge on any atom is -0.325 e. The lowest BCUT2D eigenvalue weighted by Gasteiger charge is -2.11. The van der Waals surface area contributed by atoms with Crippen LogP contribution >= 0.6 is 11.6 Å². The molecule has 0 unspecified atom stereocenters. The lowest BCUT2D eigenvalue weighted by molar-refractivity contribution is -0.384. The van der Waals surface area contributed by atoms with Crippen LogP contribution in [0.5, 0.6) is 0 Å². The first-order chi connectivity index (χ1) is 14.1. The van der Waals surface area contributed by atoms with E-state index in [1.165, 1.54) is 30.5 Å². The molecule has 30 heavy (non-hydrogen) atoms. The van der Waals surface area contributed by atoms with Gasteiger partial charge in [-0.3, -0.25) is 19.7 Å². The molecular weight excluding hydrogens is 429 g/mol. The second kappa shape index (κ2) is 9.83. The van der Waals surface area contributed by atoms with Crippen molar-refractivity contribution in [1.29, 1.82) is 0 Å². The number of carbonyl (C=O) groups is 2. The number of nitro benzene ring substituents is 1.